The van der Waals surface area contributed by atoms with E-state index in [4.69, 9.17) is 10.8 Å². The molecule has 0 bridgehead atoms. The standard InChI is InChI=1S/C10H19NO3/c1-2-3-4-5-8(11)9(12)6-7-10(13)14/h8H,2-7,11H2,1H3,(H,13,14). The van der Waals surface area contributed by atoms with Gasteiger partial charge in [0.25, 0.3) is 0 Å². The molecule has 0 aromatic rings. The molecule has 4 nitrogen and oxygen atoms in total. The van der Waals surface area contributed by atoms with Gasteiger partial charge in [0, 0.05) is 6.42 Å². The lowest BCUT2D eigenvalue weighted by Crippen LogP contribution is -2.30. The van der Waals surface area contributed by atoms with Crippen molar-refractivity contribution in [3.63, 3.8) is 0 Å². The fraction of sp³-hybridized carbons (Fsp3) is 0.800. The van der Waals surface area contributed by atoms with Crippen LogP contribution >= 0.6 is 0 Å². The molecule has 0 heterocycles. The zero-order valence-corrected chi connectivity index (χ0v) is 8.66. The fourth-order valence-corrected chi connectivity index (χ4v) is 1.19. The summed E-state index contributed by atoms with van der Waals surface area (Å²) in [7, 11) is 0. The molecule has 0 aliphatic heterocycles. The Morgan fingerprint density at radius 1 is 1.29 bits per heavy atom. The third-order valence-electron chi connectivity index (χ3n) is 2.12. The molecule has 1 unspecified atom stereocenters. The Morgan fingerprint density at radius 2 is 1.93 bits per heavy atom. The topological polar surface area (TPSA) is 80.4 Å². The number of carbonyl (C=O) groups is 2. The van der Waals surface area contributed by atoms with Crippen LogP contribution < -0.4 is 5.73 Å². The van der Waals surface area contributed by atoms with Crippen LogP contribution in [0.5, 0.6) is 0 Å². The van der Waals surface area contributed by atoms with Crippen LogP contribution in [0.15, 0.2) is 0 Å². The van der Waals surface area contributed by atoms with Gasteiger partial charge in [0.1, 0.15) is 5.78 Å². The van der Waals surface area contributed by atoms with Gasteiger partial charge in [-0.1, -0.05) is 26.2 Å². The fourth-order valence-electron chi connectivity index (χ4n) is 1.19. The van der Waals surface area contributed by atoms with Crippen molar-refractivity contribution in [1.82, 2.24) is 0 Å². The molecule has 0 radical (unpaired) electrons. The van der Waals surface area contributed by atoms with Gasteiger partial charge in [-0.2, -0.15) is 0 Å². The maximum Gasteiger partial charge on any atom is 0.303 e. The largest absolute Gasteiger partial charge is 0.481 e. The maximum absolute atomic E-state index is 11.3. The molecule has 0 rings (SSSR count). The summed E-state index contributed by atoms with van der Waals surface area (Å²) in [5, 5.41) is 8.37. The third-order valence-corrected chi connectivity index (χ3v) is 2.12. The smallest absolute Gasteiger partial charge is 0.303 e. The Labute approximate surface area is 84.5 Å². The van der Waals surface area contributed by atoms with Crippen LogP contribution in [-0.2, 0) is 9.59 Å². The van der Waals surface area contributed by atoms with Crippen molar-refractivity contribution in [3.8, 4) is 0 Å². The van der Waals surface area contributed by atoms with Crippen molar-refractivity contribution in [1.29, 1.82) is 0 Å². The number of rotatable bonds is 8. The second-order valence-corrected chi connectivity index (χ2v) is 3.46. The highest BCUT2D eigenvalue weighted by atomic mass is 16.4. The third kappa shape index (κ3) is 6.60. The monoisotopic (exact) mass is 201 g/mol. The Balaban J connectivity index is 3.59. The molecule has 0 spiro atoms. The minimum atomic E-state index is -0.945. The summed E-state index contributed by atoms with van der Waals surface area (Å²) < 4.78 is 0. The molecule has 0 saturated heterocycles. The summed E-state index contributed by atoms with van der Waals surface area (Å²) >= 11 is 0. The van der Waals surface area contributed by atoms with Crippen molar-refractivity contribution in [2.75, 3.05) is 0 Å². The van der Waals surface area contributed by atoms with E-state index >= 15 is 0 Å². The van der Waals surface area contributed by atoms with Crippen LogP contribution in [0.4, 0.5) is 0 Å². The Bertz CT molecular complexity index is 192. The summed E-state index contributed by atoms with van der Waals surface area (Å²) in [6.07, 6.45) is 3.72. The first-order chi connectivity index (χ1) is 6.57. The van der Waals surface area contributed by atoms with Gasteiger partial charge >= 0.3 is 5.97 Å². The lowest BCUT2D eigenvalue weighted by Gasteiger charge is -2.08. The van der Waals surface area contributed by atoms with E-state index in [1.807, 2.05) is 0 Å². The summed E-state index contributed by atoms with van der Waals surface area (Å²) in [5.74, 6) is -1.08. The van der Waals surface area contributed by atoms with E-state index in [0.717, 1.165) is 19.3 Å². The molecule has 0 aromatic carbocycles. The first-order valence-electron chi connectivity index (χ1n) is 5.08. The summed E-state index contributed by atoms with van der Waals surface area (Å²) in [6.45, 7) is 2.08. The van der Waals surface area contributed by atoms with Crippen molar-refractivity contribution >= 4 is 11.8 Å². The van der Waals surface area contributed by atoms with Crippen LogP contribution in [0, 0.1) is 0 Å². The predicted molar refractivity (Wildman–Crippen MR) is 54.0 cm³/mol. The van der Waals surface area contributed by atoms with Crippen LogP contribution in [0.3, 0.4) is 0 Å². The number of aliphatic carboxylic acids is 1. The second-order valence-electron chi connectivity index (χ2n) is 3.46. The summed E-state index contributed by atoms with van der Waals surface area (Å²) in [6, 6.07) is -0.471. The molecule has 14 heavy (non-hydrogen) atoms. The van der Waals surface area contributed by atoms with E-state index in [2.05, 4.69) is 6.92 Å². The van der Waals surface area contributed by atoms with Gasteiger partial charge in [0.15, 0.2) is 0 Å². The SMILES string of the molecule is CCCCCC(N)C(=O)CCC(=O)O. The van der Waals surface area contributed by atoms with Gasteiger partial charge in [-0.05, 0) is 6.42 Å². The minimum absolute atomic E-state index is 0.0582. The van der Waals surface area contributed by atoms with Gasteiger partial charge in [0.2, 0.25) is 0 Å². The number of hydrogen-bond acceptors (Lipinski definition) is 3. The zero-order valence-electron chi connectivity index (χ0n) is 8.66. The average Bonchev–Trinajstić information content (AvgIpc) is 2.14. The number of carbonyl (C=O) groups excluding carboxylic acids is 1. The quantitative estimate of drug-likeness (QED) is 0.580. The van der Waals surface area contributed by atoms with Crippen LogP contribution in [0.2, 0.25) is 0 Å². The highest BCUT2D eigenvalue weighted by molar-refractivity contribution is 5.86. The zero-order chi connectivity index (χ0) is 11.0. The Hall–Kier alpha value is -0.900. The first-order valence-corrected chi connectivity index (χ1v) is 5.08. The highest BCUT2D eigenvalue weighted by Gasteiger charge is 2.13. The second kappa shape index (κ2) is 7.50. The van der Waals surface area contributed by atoms with Gasteiger partial charge < -0.3 is 10.8 Å². The van der Waals surface area contributed by atoms with E-state index in [0.29, 0.717) is 6.42 Å². The molecule has 0 aliphatic rings. The van der Waals surface area contributed by atoms with Gasteiger partial charge in [-0.3, -0.25) is 9.59 Å². The summed E-state index contributed by atoms with van der Waals surface area (Å²) in [5.41, 5.74) is 5.60. The molecule has 3 N–H and O–H groups in total. The molecular weight excluding hydrogens is 182 g/mol. The minimum Gasteiger partial charge on any atom is -0.481 e. The molecular formula is C10H19NO3. The number of unbranched alkanes of at least 4 members (excludes halogenated alkanes) is 2. The molecule has 0 aromatic heterocycles. The van der Waals surface area contributed by atoms with Crippen molar-refractivity contribution in [3.05, 3.63) is 0 Å². The molecule has 1 atom stereocenters. The number of ketones is 1. The van der Waals surface area contributed by atoms with Crippen LogP contribution in [0.25, 0.3) is 0 Å². The lowest BCUT2D eigenvalue weighted by atomic mass is 10.0. The van der Waals surface area contributed by atoms with Crippen LogP contribution in [0.1, 0.15) is 45.4 Å². The molecule has 0 amide bonds. The number of carboxylic acids is 1. The Morgan fingerprint density at radius 3 is 2.43 bits per heavy atom. The van der Waals surface area contributed by atoms with Crippen LogP contribution in [-0.4, -0.2) is 22.9 Å². The van der Waals surface area contributed by atoms with Crippen molar-refractivity contribution in [2.24, 2.45) is 5.73 Å². The summed E-state index contributed by atoms with van der Waals surface area (Å²) in [4.78, 5) is 21.4. The average molecular weight is 201 g/mol. The van der Waals surface area contributed by atoms with E-state index in [1.165, 1.54) is 0 Å². The molecule has 0 fully saturated rings. The van der Waals surface area contributed by atoms with E-state index in [-0.39, 0.29) is 18.6 Å². The first kappa shape index (κ1) is 13.1. The van der Waals surface area contributed by atoms with Gasteiger partial charge in [0.05, 0.1) is 12.5 Å². The van der Waals surface area contributed by atoms with Gasteiger partial charge in [-0.15, -0.1) is 0 Å². The maximum atomic E-state index is 11.3. The normalized spacial score (nSPS) is 12.4. The van der Waals surface area contributed by atoms with E-state index < -0.39 is 12.0 Å². The Kier molecular flexibility index (Phi) is 7.02. The number of nitrogens with two attached hydrogens (primary N) is 1. The predicted octanol–water partition coefficient (Wildman–Crippen LogP) is 1.33. The number of hydrogen-bond donors (Lipinski definition) is 2. The lowest BCUT2D eigenvalue weighted by molar-refractivity contribution is -0.138. The molecule has 0 saturated carbocycles. The number of carboxylic acid groups (broad SMARTS) is 1. The molecule has 82 valence electrons. The molecule has 4 heteroatoms. The van der Waals surface area contributed by atoms with Gasteiger partial charge in [-0.25, -0.2) is 0 Å². The highest BCUT2D eigenvalue weighted by Crippen LogP contribution is 2.05. The van der Waals surface area contributed by atoms with Crippen molar-refractivity contribution < 1.29 is 14.7 Å². The van der Waals surface area contributed by atoms with E-state index in [1.54, 1.807) is 0 Å². The number of Topliss-reactive ketones (excluding diaryl/α,β-unsaturated/α-hetero) is 1. The van der Waals surface area contributed by atoms with Crippen molar-refractivity contribution in [2.45, 2.75) is 51.5 Å². The molecule has 0 aliphatic carbocycles. The van der Waals surface area contributed by atoms with E-state index in [9.17, 15) is 9.59 Å².